The largest absolute Gasteiger partial charge is 0.339 e. The molecule has 2 aromatic carbocycles. The summed E-state index contributed by atoms with van der Waals surface area (Å²) in [5, 5.41) is 2.85. The highest BCUT2D eigenvalue weighted by molar-refractivity contribution is 7.09. The molecule has 6 rings (SSSR count). The fraction of sp³-hybridized carbons (Fsp3) is 0.361. The summed E-state index contributed by atoms with van der Waals surface area (Å²) in [7, 11) is 0. The molecule has 0 N–H and O–H groups in total. The van der Waals surface area contributed by atoms with Crippen LogP contribution in [-0.4, -0.2) is 58.7 Å². The summed E-state index contributed by atoms with van der Waals surface area (Å²) in [5.74, 6) is -2.26. The molecule has 0 radical (unpaired) electrons. The van der Waals surface area contributed by atoms with Gasteiger partial charge in [-0.2, -0.15) is 0 Å². The van der Waals surface area contributed by atoms with E-state index in [0.717, 1.165) is 61.8 Å². The molecule has 44 heavy (non-hydrogen) atoms. The number of hydrogen-bond donors (Lipinski definition) is 0. The zero-order valence-corrected chi connectivity index (χ0v) is 25.7. The Kier molecular flexibility index (Phi) is 8.89. The van der Waals surface area contributed by atoms with E-state index in [4.69, 9.17) is 4.98 Å². The molecule has 3 heterocycles. The molecule has 2 aliphatic heterocycles. The van der Waals surface area contributed by atoms with E-state index in [9.17, 15) is 18.4 Å². The Hall–Kier alpha value is -3.91. The summed E-state index contributed by atoms with van der Waals surface area (Å²) in [6.45, 7) is 3.56. The van der Waals surface area contributed by atoms with Crippen molar-refractivity contribution in [2.75, 3.05) is 26.2 Å². The molecule has 1 aromatic heterocycles. The normalized spacial score (nSPS) is 18.5. The van der Waals surface area contributed by atoms with Gasteiger partial charge in [0.05, 0.1) is 5.01 Å². The predicted molar refractivity (Wildman–Crippen MR) is 171 cm³/mol. The molecule has 228 valence electrons. The van der Waals surface area contributed by atoms with Crippen molar-refractivity contribution in [2.45, 2.75) is 56.8 Å². The maximum absolute atomic E-state index is 13.9. The molecule has 0 unspecified atom stereocenters. The summed E-state index contributed by atoms with van der Waals surface area (Å²) >= 11 is 1.54. The number of carbonyl (C=O) groups excluding carboxylic acids is 2. The van der Waals surface area contributed by atoms with Gasteiger partial charge in [-0.25, -0.2) is 13.8 Å². The first kappa shape index (κ1) is 30.1. The summed E-state index contributed by atoms with van der Waals surface area (Å²) in [6, 6.07) is 17.9. The molecule has 8 heteroatoms. The number of rotatable bonds is 6. The number of nitrogens with zero attached hydrogens (tertiary/aromatic N) is 3. The fourth-order valence-corrected chi connectivity index (χ4v) is 7.42. The van der Waals surface area contributed by atoms with Crippen molar-refractivity contribution in [1.29, 1.82) is 0 Å². The second-order valence-corrected chi connectivity index (χ2v) is 12.8. The Bertz CT molecular complexity index is 1590. The van der Waals surface area contributed by atoms with Crippen LogP contribution in [0.5, 0.6) is 0 Å². The number of benzene rings is 2. The molecule has 0 spiro atoms. The number of halogens is 2. The number of alkyl halides is 2. The molecular formula is C36H37F2N3O2S. The van der Waals surface area contributed by atoms with Crippen LogP contribution >= 0.6 is 11.3 Å². The van der Waals surface area contributed by atoms with Crippen LogP contribution in [0.15, 0.2) is 89.9 Å². The average molecular weight is 614 g/mol. The lowest BCUT2D eigenvalue weighted by molar-refractivity contribution is 0.0670. The maximum atomic E-state index is 13.9. The molecule has 2 fully saturated rings. The zero-order valence-electron chi connectivity index (χ0n) is 24.9. The van der Waals surface area contributed by atoms with Crippen molar-refractivity contribution in [3.8, 4) is 0 Å². The third-order valence-electron chi connectivity index (χ3n) is 9.02. The van der Waals surface area contributed by atoms with Gasteiger partial charge in [0.1, 0.15) is 5.69 Å². The lowest BCUT2D eigenvalue weighted by Crippen LogP contribution is -2.38. The van der Waals surface area contributed by atoms with E-state index in [1.165, 1.54) is 17.7 Å². The van der Waals surface area contributed by atoms with Gasteiger partial charge in [-0.3, -0.25) is 9.59 Å². The number of carbonyl (C=O) groups is 2. The fourth-order valence-electron chi connectivity index (χ4n) is 6.45. The van der Waals surface area contributed by atoms with Gasteiger partial charge in [-0.05, 0) is 60.8 Å². The molecule has 0 saturated carbocycles. The van der Waals surface area contributed by atoms with Crippen LogP contribution in [0.4, 0.5) is 8.78 Å². The first-order valence-electron chi connectivity index (χ1n) is 15.4. The predicted octanol–water partition coefficient (Wildman–Crippen LogP) is 8.11. The van der Waals surface area contributed by atoms with E-state index in [1.54, 1.807) is 17.4 Å². The Balaban J connectivity index is 1.05. The van der Waals surface area contributed by atoms with Crippen LogP contribution in [0.2, 0.25) is 0 Å². The van der Waals surface area contributed by atoms with Gasteiger partial charge >= 0.3 is 0 Å². The van der Waals surface area contributed by atoms with E-state index in [2.05, 4.69) is 24.3 Å². The van der Waals surface area contributed by atoms with Crippen LogP contribution < -0.4 is 0 Å². The summed E-state index contributed by atoms with van der Waals surface area (Å²) in [5.41, 5.74) is 3.95. The van der Waals surface area contributed by atoms with Gasteiger partial charge in [0.2, 0.25) is 0 Å². The Morgan fingerprint density at radius 1 is 0.818 bits per heavy atom. The minimum atomic E-state index is -2.91. The highest BCUT2D eigenvalue weighted by Crippen LogP contribution is 2.34. The van der Waals surface area contributed by atoms with Gasteiger partial charge in [0.25, 0.3) is 17.7 Å². The maximum Gasteiger partial charge on any atom is 0.273 e. The van der Waals surface area contributed by atoms with Crippen molar-refractivity contribution in [1.82, 2.24) is 14.8 Å². The molecule has 5 nitrogen and oxygen atoms in total. The van der Waals surface area contributed by atoms with Gasteiger partial charge in [-0.1, -0.05) is 72.8 Å². The minimum absolute atomic E-state index is 0.00933. The third-order valence-corrected chi connectivity index (χ3v) is 10.0. The van der Waals surface area contributed by atoms with Crippen LogP contribution in [0, 0.1) is 0 Å². The molecule has 0 atom stereocenters. The summed E-state index contributed by atoms with van der Waals surface area (Å²) in [4.78, 5) is 35.5. The van der Waals surface area contributed by atoms with E-state index in [0.29, 0.717) is 36.7 Å². The Morgan fingerprint density at radius 3 is 2.16 bits per heavy atom. The average Bonchev–Trinajstić information content (AvgIpc) is 3.41. The first-order chi connectivity index (χ1) is 21.3. The first-order valence-corrected chi connectivity index (χ1v) is 16.3. The number of thiazole rings is 1. The van der Waals surface area contributed by atoms with E-state index in [1.807, 2.05) is 51.6 Å². The lowest BCUT2D eigenvalue weighted by atomic mass is 9.89. The number of likely N-dealkylation sites (tertiary alicyclic amines) is 2. The molecule has 2 amide bonds. The van der Waals surface area contributed by atoms with Crippen LogP contribution in [-0.2, 0) is 0 Å². The van der Waals surface area contributed by atoms with Crippen molar-refractivity contribution < 1.29 is 18.4 Å². The number of aromatic nitrogens is 1. The molecule has 0 bridgehead atoms. The molecular weight excluding hydrogens is 576 g/mol. The standard InChI is InChI=1S/C36H37F2N3O2S/c1-36(37,38)29-11-7-10-27(14-15-29)30-12-5-6-13-31(30)34(42)40-22-18-28(19-23-40)33-39-32(24-44-33)35(43)41-20-16-26(17-21-41)25-8-3-2-4-9-25/h2-6,8-15,24,26,28H,7,16-23H2,1H3. The quantitative estimate of drug-likeness (QED) is 0.282. The molecule has 3 aromatic rings. The molecule has 1 aliphatic carbocycles. The number of hydrogen-bond acceptors (Lipinski definition) is 4. The molecule has 3 aliphatic rings. The minimum Gasteiger partial charge on any atom is -0.339 e. The summed E-state index contributed by atoms with van der Waals surface area (Å²) < 4.78 is 27.8. The molecule has 2 saturated heterocycles. The van der Waals surface area contributed by atoms with Crippen LogP contribution in [0.1, 0.15) is 87.8 Å². The van der Waals surface area contributed by atoms with Crippen LogP contribution in [0.25, 0.3) is 5.57 Å². The third kappa shape index (κ3) is 6.60. The Morgan fingerprint density at radius 2 is 1.45 bits per heavy atom. The number of allylic oxidation sites excluding steroid dienone is 6. The number of amides is 2. The van der Waals surface area contributed by atoms with E-state index < -0.39 is 5.92 Å². The zero-order chi connectivity index (χ0) is 30.7. The SMILES string of the molecule is CC(F)(F)C1=CCC=C(c2ccccc2C(=O)N2CCC(c3nc(C(=O)N4CCC(c5ccccc5)CC4)cs3)CC2)C=C1. The van der Waals surface area contributed by atoms with Crippen molar-refractivity contribution in [2.24, 2.45) is 0 Å². The van der Waals surface area contributed by atoms with Gasteiger partial charge in [-0.15, -0.1) is 11.3 Å². The Labute approximate surface area is 261 Å². The number of piperidine rings is 2. The van der Waals surface area contributed by atoms with E-state index in [-0.39, 0.29) is 23.3 Å². The smallest absolute Gasteiger partial charge is 0.273 e. The van der Waals surface area contributed by atoms with Crippen molar-refractivity contribution in [3.63, 3.8) is 0 Å². The van der Waals surface area contributed by atoms with Gasteiger partial charge in [0, 0.05) is 55.5 Å². The monoisotopic (exact) mass is 613 g/mol. The van der Waals surface area contributed by atoms with Crippen molar-refractivity contribution in [3.05, 3.63) is 117 Å². The topological polar surface area (TPSA) is 53.5 Å². The highest BCUT2D eigenvalue weighted by Gasteiger charge is 2.30. The van der Waals surface area contributed by atoms with Gasteiger partial charge < -0.3 is 9.80 Å². The second kappa shape index (κ2) is 13.0. The summed E-state index contributed by atoms with van der Waals surface area (Å²) in [6.07, 6.45) is 10.4. The van der Waals surface area contributed by atoms with Crippen LogP contribution in [0.3, 0.4) is 0 Å². The second-order valence-electron chi connectivity index (χ2n) is 11.9. The van der Waals surface area contributed by atoms with E-state index >= 15 is 0 Å². The highest BCUT2D eigenvalue weighted by atomic mass is 32.1. The van der Waals surface area contributed by atoms with Gasteiger partial charge in [0.15, 0.2) is 0 Å². The lowest BCUT2D eigenvalue weighted by Gasteiger charge is -2.32. The van der Waals surface area contributed by atoms with Crippen molar-refractivity contribution >= 4 is 28.7 Å².